The van der Waals surface area contributed by atoms with Gasteiger partial charge in [-0.3, -0.25) is 4.99 Å². The van der Waals surface area contributed by atoms with Crippen molar-refractivity contribution in [3.63, 3.8) is 0 Å². The van der Waals surface area contributed by atoms with Gasteiger partial charge in [-0.05, 0) is 63.3 Å². The maximum Gasteiger partial charge on any atom is 0.0464 e. The summed E-state index contributed by atoms with van der Waals surface area (Å²) in [5.74, 6) is 0. The number of allylic oxidation sites excluding steroid dienone is 5. The first-order chi connectivity index (χ1) is 15.0. The van der Waals surface area contributed by atoms with Crippen LogP contribution in [-0.2, 0) is 6.42 Å². The van der Waals surface area contributed by atoms with Crippen LogP contribution in [0.15, 0.2) is 64.5 Å². The number of halogens is 1. The number of aliphatic imine (C=N–C) groups is 1. The molecule has 0 aliphatic carbocycles. The lowest BCUT2D eigenvalue weighted by molar-refractivity contribution is 0.298. The Bertz CT molecular complexity index is 768. The lowest BCUT2D eigenvalue weighted by Gasteiger charge is -2.32. The van der Waals surface area contributed by atoms with Crippen molar-refractivity contribution in [2.45, 2.75) is 67.2 Å². The molecule has 0 unspecified atom stereocenters. The van der Waals surface area contributed by atoms with E-state index >= 15 is 0 Å². The van der Waals surface area contributed by atoms with Crippen molar-refractivity contribution in [2.24, 2.45) is 4.99 Å². The molecular weight excluding hydrogens is 402 g/mol. The molecule has 1 saturated heterocycles. The Labute approximate surface area is 196 Å². The molecule has 1 fully saturated rings. The van der Waals surface area contributed by atoms with Gasteiger partial charge in [0, 0.05) is 54.4 Å². The molecule has 1 aromatic rings. The average molecular weight is 444 g/mol. The number of benzene rings is 1. The van der Waals surface area contributed by atoms with Gasteiger partial charge in [0.1, 0.15) is 0 Å². The number of hydrogen-bond acceptors (Lipinski definition) is 3. The van der Waals surface area contributed by atoms with Crippen LogP contribution >= 0.6 is 11.6 Å². The van der Waals surface area contributed by atoms with Crippen molar-refractivity contribution in [1.29, 1.82) is 0 Å². The van der Waals surface area contributed by atoms with E-state index in [0.717, 1.165) is 56.2 Å². The molecule has 0 radical (unpaired) electrons. The molecule has 0 aromatic heterocycles. The largest absolute Gasteiger partial charge is 0.372 e. The zero-order valence-corrected chi connectivity index (χ0v) is 21.2. The molecule has 4 heteroatoms. The van der Waals surface area contributed by atoms with E-state index in [1.807, 2.05) is 24.4 Å². The lowest BCUT2D eigenvalue weighted by Crippen LogP contribution is -2.43. The third-order valence-electron chi connectivity index (χ3n) is 5.40. The van der Waals surface area contributed by atoms with Crippen LogP contribution in [0, 0.1) is 0 Å². The highest BCUT2D eigenvalue weighted by Gasteiger charge is 2.17. The zero-order chi connectivity index (χ0) is 23.1. The molecule has 0 saturated carbocycles. The summed E-state index contributed by atoms with van der Waals surface area (Å²) in [6.07, 6.45) is 10.6. The topological polar surface area (TPSA) is 27.6 Å². The Balaban J connectivity index is 0.000000399. The van der Waals surface area contributed by atoms with E-state index < -0.39 is 0 Å². The van der Waals surface area contributed by atoms with Gasteiger partial charge in [0.25, 0.3) is 0 Å². The van der Waals surface area contributed by atoms with Crippen LogP contribution < -0.4 is 5.32 Å². The van der Waals surface area contributed by atoms with E-state index in [1.54, 1.807) is 0 Å². The first-order valence-corrected chi connectivity index (χ1v) is 12.1. The molecule has 1 heterocycles. The molecule has 1 aliphatic heterocycles. The van der Waals surface area contributed by atoms with Crippen LogP contribution in [0.25, 0.3) is 0 Å². The van der Waals surface area contributed by atoms with Crippen LogP contribution in [0.3, 0.4) is 0 Å². The van der Waals surface area contributed by atoms with Gasteiger partial charge in [0.15, 0.2) is 0 Å². The van der Waals surface area contributed by atoms with Crippen molar-refractivity contribution >= 4 is 17.3 Å². The number of aryl methyl sites for hydroxylation is 1. The third kappa shape index (κ3) is 9.88. The molecule has 1 aliphatic rings. The van der Waals surface area contributed by atoms with Crippen molar-refractivity contribution < 1.29 is 0 Å². The minimum absolute atomic E-state index is 0.839. The van der Waals surface area contributed by atoms with E-state index in [4.69, 9.17) is 11.6 Å². The minimum atomic E-state index is 0.839. The molecule has 3 nitrogen and oxygen atoms in total. The first-order valence-electron chi connectivity index (χ1n) is 11.7. The standard InChI is InChI=1S/C18H31N3.C9H11Cl/c1-6-9-10-20-15(4)18(17(7-2)8-3)16(5)21-13-11-19-12-14-21;1-2-4-8-5-3-6-9(10)7-8/h7,9-10,19H,6,8,11-14H2,1-5H3;3,5-7H,2,4H2,1H3/b10-9+,17-7-,18-16-,20-15+;. The van der Waals surface area contributed by atoms with Gasteiger partial charge < -0.3 is 10.2 Å². The Morgan fingerprint density at radius 2 is 1.87 bits per heavy atom. The fourth-order valence-corrected chi connectivity index (χ4v) is 3.94. The van der Waals surface area contributed by atoms with Gasteiger partial charge in [-0.25, -0.2) is 0 Å². The molecule has 0 atom stereocenters. The average Bonchev–Trinajstić information content (AvgIpc) is 2.78. The third-order valence-corrected chi connectivity index (χ3v) is 5.64. The summed E-state index contributed by atoms with van der Waals surface area (Å²) in [6, 6.07) is 8.02. The normalized spacial score (nSPS) is 16.2. The van der Waals surface area contributed by atoms with Crippen LogP contribution in [0.1, 0.15) is 66.4 Å². The van der Waals surface area contributed by atoms with Gasteiger partial charge in [0.2, 0.25) is 0 Å². The van der Waals surface area contributed by atoms with E-state index in [-0.39, 0.29) is 0 Å². The maximum absolute atomic E-state index is 5.78. The molecular formula is C27H42ClN3. The zero-order valence-electron chi connectivity index (χ0n) is 20.5. The highest BCUT2D eigenvalue weighted by Crippen LogP contribution is 2.23. The summed E-state index contributed by atoms with van der Waals surface area (Å²) in [6.45, 7) is 17.3. The summed E-state index contributed by atoms with van der Waals surface area (Å²) in [5, 5.41) is 4.26. The van der Waals surface area contributed by atoms with Crippen LogP contribution in [0.4, 0.5) is 0 Å². The summed E-state index contributed by atoms with van der Waals surface area (Å²) in [4.78, 5) is 7.12. The highest BCUT2D eigenvalue weighted by molar-refractivity contribution is 6.30. The van der Waals surface area contributed by atoms with Crippen LogP contribution in [-0.4, -0.2) is 36.8 Å². The summed E-state index contributed by atoms with van der Waals surface area (Å²) in [7, 11) is 0. The number of nitrogens with zero attached hydrogens (tertiary/aromatic N) is 2. The SMILES string of the molecule is CCCc1cccc(Cl)c1.C\C=C(CC)/C(C(/C)=N/C=C/CC)=C(/C)N1CCNCC1. The summed E-state index contributed by atoms with van der Waals surface area (Å²) >= 11 is 5.78. The predicted molar refractivity (Wildman–Crippen MR) is 139 cm³/mol. The highest BCUT2D eigenvalue weighted by atomic mass is 35.5. The fourth-order valence-electron chi connectivity index (χ4n) is 3.73. The van der Waals surface area contributed by atoms with Crippen molar-refractivity contribution in [3.8, 4) is 0 Å². The molecule has 0 spiro atoms. The second-order valence-electron chi connectivity index (χ2n) is 7.75. The van der Waals surface area contributed by atoms with E-state index in [0.29, 0.717) is 0 Å². The molecule has 1 N–H and O–H groups in total. The number of hydrogen-bond donors (Lipinski definition) is 1. The molecule has 31 heavy (non-hydrogen) atoms. The number of rotatable bonds is 8. The van der Waals surface area contributed by atoms with E-state index in [1.165, 1.54) is 28.8 Å². The quantitative estimate of drug-likeness (QED) is 0.339. The molecule has 172 valence electrons. The fraction of sp³-hybridized carbons (Fsp3) is 0.519. The molecule has 2 rings (SSSR count). The van der Waals surface area contributed by atoms with Gasteiger partial charge in [-0.1, -0.05) is 63.1 Å². The Morgan fingerprint density at radius 3 is 2.42 bits per heavy atom. The summed E-state index contributed by atoms with van der Waals surface area (Å²) < 4.78 is 0. The van der Waals surface area contributed by atoms with Crippen LogP contribution in [0.2, 0.25) is 5.02 Å². The second-order valence-corrected chi connectivity index (χ2v) is 8.19. The molecule has 0 bridgehead atoms. The number of piperazine rings is 1. The van der Waals surface area contributed by atoms with Gasteiger partial charge in [0.05, 0.1) is 0 Å². The monoisotopic (exact) mass is 443 g/mol. The lowest BCUT2D eigenvalue weighted by atomic mass is 9.96. The van der Waals surface area contributed by atoms with E-state index in [2.05, 4.69) is 75.0 Å². The maximum atomic E-state index is 5.78. The van der Waals surface area contributed by atoms with Crippen molar-refractivity contribution in [3.05, 3.63) is 70.0 Å². The molecule has 0 amide bonds. The minimum Gasteiger partial charge on any atom is -0.372 e. The van der Waals surface area contributed by atoms with Crippen molar-refractivity contribution in [2.75, 3.05) is 26.2 Å². The van der Waals surface area contributed by atoms with Gasteiger partial charge >= 0.3 is 0 Å². The smallest absolute Gasteiger partial charge is 0.0464 e. The van der Waals surface area contributed by atoms with Gasteiger partial charge in [-0.2, -0.15) is 0 Å². The van der Waals surface area contributed by atoms with Crippen molar-refractivity contribution in [1.82, 2.24) is 10.2 Å². The Kier molecular flexibility index (Phi) is 13.9. The predicted octanol–water partition coefficient (Wildman–Crippen LogP) is 7.20. The Morgan fingerprint density at radius 1 is 1.16 bits per heavy atom. The van der Waals surface area contributed by atoms with Crippen LogP contribution in [0.5, 0.6) is 0 Å². The van der Waals surface area contributed by atoms with E-state index in [9.17, 15) is 0 Å². The number of nitrogens with one attached hydrogen (secondary N) is 1. The Hall–Kier alpha value is -1.84. The second kappa shape index (κ2) is 15.9. The molecule has 1 aromatic carbocycles. The first kappa shape index (κ1) is 27.2. The summed E-state index contributed by atoms with van der Waals surface area (Å²) in [5.41, 5.74) is 6.51. The van der Waals surface area contributed by atoms with Gasteiger partial charge in [-0.15, -0.1) is 0 Å².